The van der Waals surface area contributed by atoms with Crippen molar-refractivity contribution in [1.82, 2.24) is 0 Å². The van der Waals surface area contributed by atoms with Crippen LogP contribution in [0.3, 0.4) is 0 Å². The Kier molecular flexibility index (Phi) is 5.64. The Morgan fingerprint density at radius 3 is 2.08 bits per heavy atom. The molecule has 0 N–H and O–H groups in total. The standard InChI is InChI=1S/C21H21N3S/c1-16-6-8-19(9-7-16)25-21-13-18(15-23)17(14-22)12-20(21)24-10-4-2-3-5-11-24/h6-9,12-13H,2-5,10-11H2,1H3. The van der Waals surface area contributed by atoms with Crippen LogP contribution in [0.25, 0.3) is 0 Å². The molecule has 3 nitrogen and oxygen atoms in total. The minimum atomic E-state index is 0.454. The Morgan fingerprint density at radius 2 is 1.48 bits per heavy atom. The largest absolute Gasteiger partial charge is 0.371 e. The quantitative estimate of drug-likeness (QED) is 0.759. The highest BCUT2D eigenvalue weighted by Gasteiger charge is 2.18. The molecule has 3 rings (SSSR count). The van der Waals surface area contributed by atoms with E-state index in [0.717, 1.165) is 28.6 Å². The maximum absolute atomic E-state index is 9.41. The lowest BCUT2D eigenvalue weighted by Gasteiger charge is -2.25. The van der Waals surface area contributed by atoms with Gasteiger partial charge in [-0.05, 0) is 44.0 Å². The van der Waals surface area contributed by atoms with Gasteiger partial charge in [0, 0.05) is 22.9 Å². The lowest BCUT2D eigenvalue weighted by molar-refractivity contribution is 0.726. The molecule has 0 spiro atoms. The first kappa shape index (κ1) is 17.4. The summed E-state index contributed by atoms with van der Waals surface area (Å²) in [6, 6.07) is 16.5. The van der Waals surface area contributed by atoms with Crippen LogP contribution in [-0.4, -0.2) is 13.1 Å². The van der Waals surface area contributed by atoms with Crippen LogP contribution in [0, 0.1) is 29.6 Å². The summed E-state index contributed by atoms with van der Waals surface area (Å²) in [5.41, 5.74) is 3.24. The fraction of sp³-hybridized carbons (Fsp3) is 0.333. The number of nitriles is 2. The van der Waals surface area contributed by atoms with Crippen LogP contribution in [0.4, 0.5) is 5.69 Å². The van der Waals surface area contributed by atoms with Crippen LogP contribution in [-0.2, 0) is 0 Å². The van der Waals surface area contributed by atoms with E-state index < -0.39 is 0 Å². The summed E-state index contributed by atoms with van der Waals surface area (Å²) in [6.07, 6.45) is 4.88. The smallest absolute Gasteiger partial charge is 0.101 e. The number of nitrogens with zero attached hydrogens (tertiary/aromatic N) is 3. The van der Waals surface area contributed by atoms with Crippen molar-refractivity contribution in [3.8, 4) is 12.1 Å². The van der Waals surface area contributed by atoms with E-state index in [1.807, 2.05) is 12.1 Å². The van der Waals surface area contributed by atoms with Gasteiger partial charge in [-0.25, -0.2) is 0 Å². The van der Waals surface area contributed by atoms with Crippen molar-refractivity contribution in [3.05, 3.63) is 53.1 Å². The number of hydrogen-bond donors (Lipinski definition) is 0. The molecule has 0 atom stereocenters. The first-order valence-electron chi connectivity index (χ1n) is 8.69. The van der Waals surface area contributed by atoms with Gasteiger partial charge in [0.25, 0.3) is 0 Å². The molecule has 126 valence electrons. The molecule has 0 saturated carbocycles. The summed E-state index contributed by atoms with van der Waals surface area (Å²) >= 11 is 1.67. The second-order valence-corrected chi connectivity index (χ2v) is 7.52. The van der Waals surface area contributed by atoms with E-state index >= 15 is 0 Å². The molecule has 2 aromatic carbocycles. The predicted octanol–water partition coefficient (Wildman–Crippen LogP) is 5.27. The van der Waals surface area contributed by atoms with E-state index in [2.05, 4.69) is 48.2 Å². The summed E-state index contributed by atoms with van der Waals surface area (Å²) in [4.78, 5) is 4.59. The molecule has 1 fully saturated rings. The average Bonchev–Trinajstić information content (AvgIpc) is 2.92. The molecule has 4 heteroatoms. The van der Waals surface area contributed by atoms with E-state index in [0.29, 0.717) is 11.1 Å². The third-order valence-corrected chi connectivity index (χ3v) is 5.59. The highest BCUT2D eigenvalue weighted by Crippen LogP contribution is 2.38. The highest BCUT2D eigenvalue weighted by molar-refractivity contribution is 7.99. The molecule has 1 aliphatic rings. The van der Waals surface area contributed by atoms with Gasteiger partial charge >= 0.3 is 0 Å². The number of aryl methyl sites for hydroxylation is 1. The maximum atomic E-state index is 9.41. The number of anilines is 1. The molecule has 2 aromatic rings. The van der Waals surface area contributed by atoms with Gasteiger partial charge in [0.05, 0.1) is 16.8 Å². The fourth-order valence-corrected chi connectivity index (χ4v) is 4.12. The van der Waals surface area contributed by atoms with E-state index in [4.69, 9.17) is 0 Å². The second-order valence-electron chi connectivity index (χ2n) is 6.41. The molecule has 0 aliphatic carbocycles. The summed E-state index contributed by atoms with van der Waals surface area (Å²) in [5, 5.41) is 18.8. The zero-order valence-electron chi connectivity index (χ0n) is 14.5. The molecular formula is C21H21N3S. The molecule has 1 saturated heterocycles. The normalized spacial score (nSPS) is 14.4. The van der Waals surface area contributed by atoms with E-state index in [9.17, 15) is 10.5 Å². The Bertz CT molecular complexity index is 820. The Balaban J connectivity index is 2.02. The van der Waals surface area contributed by atoms with Crippen molar-refractivity contribution in [3.63, 3.8) is 0 Å². The van der Waals surface area contributed by atoms with Crippen LogP contribution in [0.5, 0.6) is 0 Å². The van der Waals surface area contributed by atoms with Crippen LogP contribution in [0.2, 0.25) is 0 Å². The Morgan fingerprint density at radius 1 is 0.880 bits per heavy atom. The van der Waals surface area contributed by atoms with Crippen LogP contribution >= 0.6 is 11.8 Å². The van der Waals surface area contributed by atoms with Gasteiger partial charge < -0.3 is 4.90 Å². The number of benzene rings is 2. The van der Waals surface area contributed by atoms with E-state index in [1.54, 1.807) is 11.8 Å². The summed E-state index contributed by atoms with van der Waals surface area (Å²) < 4.78 is 0. The first-order chi connectivity index (χ1) is 12.2. The molecule has 25 heavy (non-hydrogen) atoms. The van der Waals surface area contributed by atoms with Crippen molar-refractivity contribution in [1.29, 1.82) is 10.5 Å². The van der Waals surface area contributed by atoms with Gasteiger partial charge in [0.1, 0.15) is 12.1 Å². The van der Waals surface area contributed by atoms with Crippen LogP contribution in [0.15, 0.2) is 46.2 Å². The fourth-order valence-electron chi connectivity index (χ4n) is 3.13. The summed E-state index contributed by atoms with van der Waals surface area (Å²) in [6.45, 7) is 4.10. The third kappa shape index (κ3) is 4.16. The number of rotatable bonds is 3. The van der Waals surface area contributed by atoms with Gasteiger partial charge in [-0.15, -0.1) is 0 Å². The van der Waals surface area contributed by atoms with Crippen LogP contribution < -0.4 is 4.90 Å². The monoisotopic (exact) mass is 347 g/mol. The lowest BCUT2D eigenvalue weighted by atomic mass is 10.1. The molecule has 1 aliphatic heterocycles. The lowest BCUT2D eigenvalue weighted by Crippen LogP contribution is -2.24. The minimum Gasteiger partial charge on any atom is -0.371 e. The van der Waals surface area contributed by atoms with Crippen molar-refractivity contribution in [2.45, 2.75) is 42.4 Å². The van der Waals surface area contributed by atoms with Gasteiger partial charge in [-0.2, -0.15) is 10.5 Å². The third-order valence-electron chi connectivity index (χ3n) is 4.54. The predicted molar refractivity (Wildman–Crippen MR) is 102 cm³/mol. The molecule has 0 radical (unpaired) electrons. The van der Waals surface area contributed by atoms with Gasteiger partial charge in [-0.3, -0.25) is 0 Å². The topological polar surface area (TPSA) is 50.8 Å². The molecule has 0 amide bonds. The zero-order chi connectivity index (χ0) is 17.6. The Labute approximate surface area is 153 Å². The average molecular weight is 347 g/mol. The molecule has 0 bridgehead atoms. The van der Waals surface area contributed by atoms with E-state index in [-0.39, 0.29) is 0 Å². The van der Waals surface area contributed by atoms with Crippen LogP contribution in [0.1, 0.15) is 42.4 Å². The van der Waals surface area contributed by atoms with Crippen molar-refractivity contribution >= 4 is 17.4 Å². The number of hydrogen-bond acceptors (Lipinski definition) is 4. The van der Waals surface area contributed by atoms with Gasteiger partial charge in [0.15, 0.2) is 0 Å². The SMILES string of the molecule is Cc1ccc(Sc2cc(C#N)c(C#N)cc2N2CCCCCC2)cc1. The molecule has 0 aromatic heterocycles. The van der Waals surface area contributed by atoms with Crippen molar-refractivity contribution in [2.75, 3.05) is 18.0 Å². The zero-order valence-corrected chi connectivity index (χ0v) is 15.3. The first-order valence-corrected chi connectivity index (χ1v) is 9.50. The van der Waals surface area contributed by atoms with Gasteiger partial charge in [0.2, 0.25) is 0 Å². The van der Waals surface area contributed by atoms with Crippen molar-refractivity contribution < 1.29 is 0 Å². The molecule has 0 unspecified atom stereocenters. The molecule has 1 heterocycles. The van der Waals surface area contributed by atoms with E-state index in [1.165, 1.54) is 31.2 Å². The van der Waals surface area contributed by atoms with Crippen molar-refractivity contribution in [2.24, 2.45) is 0 Å². The summed E-state index contributed by atoms with van der Waals surface area (Å²) in [5.74, 6) is 0. The summed E-state index contributed by atoms with van der Waals surface area (Å²) in [7, 11) is 0. The second kappa shape index (κ2) is 8.10. The Hall–Kier alpha value is -2.43. The highest BCUT2D eigenvalue weighted by atomic mass is 32.2. The molecular weight excluding hydrogens is 326 g/mol. The van der Waals surface area contributed by atoms with Gasteiger partial charge in [-0.1, -0.05) is 42.3 Å². The minimum absolute atomic E-state index is 0.454. The maximum Gasteiger partial charge on any atom is 0.101 e.